The molecule has 0 N–H and O–H groups in total. The maximum Gasteiger partial charge on any atom is 0.425 e. The van der Waals surface area contributed by atoms with Crippen molar-refractivity contribution in [1.82, 2.24) is 0 Å². The third kappa shape index (κ3) is 15.0. The van der Waals surface area contributed by atoms with Crippen molar-refractivity contribution in [3.05, 3.63) is 70.8 Å². The first-order valence-electron chi connectivity index (χ1n) is 19.9. The van der Waals surface area contributed by atoms with Crippen LogP contribution in [0.1, 0.15) is 181 Å². The SMILES string of the molecule is CCCCCC1CCC(c2ccc(C(=O)OC(C)C(F)(F)F)cc2)CC1.CCCCCC1CCC(c2ccc(C(=O)OC(CC)C(F)(F)F)cc2)CC1. The van der Waals surface area contributed by atoms with Gasteiger partial charge in [-0.15, -0.1) is 0 Å². The molecule has 53 heavy (non-hydrogen) atoms. The van der Waals surface area contributed by atoms with Gasteiger partial charge in [-0.3, -0.25) is 0 Å². The molecule has 0 amide bonds. The summed E-state index contributed by atoms with van der Waals surface area (Å²) >= 11 is 0. The van der Waals surface area contributed by atoms with Gasteiger partial charge in [-0.25, -0.2) is 9.59 Å². The van der Waals surface area contributed by atoms with Crippen molar-refractivity contribution in [1.29, 1.82) is 0 Å². The Morgan fingerprint density at radius 1 is 0.585 bits per heavy atom. The Morgan fingerprint density at radius 2 is 0.962 bits per heavy atom. The second-order valence-electron chi connectivity index (χ2n) is 15.1. The molecule has 0 aliphatic heterocycles. The minimum Gasteiger partial charge on any atom is -0.449 e. The zero-order chi connectivity index (χ0) is 39.0. The molecule has 4 nitrogen and oxygen atoms in total. The fourth-order valence-electron chi connectivity index (χ4n) is 7.59. The second-order valence-corrected chi connectivity index (χ2v) is 15.1. The largest absolute Gasteiger partial charge is 0.449 e. The van der Waals surface area contributed by atoms with Crippen molar-refractivity contribution >= 4 is 11.9 Å². The van der Waals surface area contributed by atoms with Crippen molar-refractivity contribution in [3.8, 4) is 0 Å². The van der Waals surface area contributed by atoms with Gasteiger partial charge in [0.25, 0.3) is 0 Å². The Balaban J connectivity index is 0.000000286. The summed E-state index contributed by atoms with van der Waals surface area (Å²) in [7, 11) is 0. The highest BCUT2D eigenvalue weighted by Crippen LogP contribution is 2.39. The van der Waals surface area contributed by atoms with Crippen molar-refractivity contribution in [2.24, 2.45) is 11.8 Å². The van der Waals surface area contributed by atoms with Crippen LogP contribution in [0, 0.1) is 11.8 Å². The lowest BCUT2D eigenvalue weighted by molar-refractivity contribution is -0.204. The van der Waals surface area contributed by atoms with Crippen LogP contribution in [0.2, 0.25) is 0 Å². The van der Waals surface area contributed by atoms with E-state index in [4.69, 9.17) is 0 Å². The highest BCUT2D eigenvalue weighted by molar-refractivity contribution is 5.90. The number of carbonyl (C=O) groups is 2. The summed E-state index contributed by atoms with van der Waals surface area (Å²) in [6.07, 6.45) is 6.45. The van der Waals surface area contributed by atoms with Crippen molar-refractivity contribution in [2.75, 3.05) is 0 Å². The average molecular weight is 755 g/mol. The van der Waals surface area contributed by atoms with E-state index < -0.39 is 36.5 Å². The number of halogens is 6. The molecule has 4 rings (SSSR count). The lowest BCUT2D eigenvalue weighted by Crippen LogP contribution is -2.33. The van der Waals surface area contributed by atoms with Crippen molar-refractivity contribution < 1.29 is 45.4 Å². The summed E-state index contributed by atoms with van der Waals surface area (Å²) in [5, 5.41) is 0. The van der Waals surface area contributed by atoms with E-state index in [2.05, 4.69) is 23.3 Å². The van der Waals surface area contributed by atoms with Gasteiger partial charge >= 0.3 is 24.3 Å². The van der Waals surface area contributed by atoms with Gasteiger partial charge in [-0.2, -0.15) is 26.3 Å². The lowest BCUT2D eigenvalue weighted by Gasteiger charge is -2.29. The third-order valence-electron chi connectivity index (χ3n) is 11.1. The fraction of sp³-hybridized carbons (Fsp3) is 0.674. The van der Waals surface area contributed by atoms with E-state index >= 15 is 0 Å². The van der Waals surface area contributed by atoms with Gasteiger partial charge < -0.3 is 9.47 Å². The van der Waals surface area contributed by atoms with Crippen molar-refractivity contribution in [3.63, 3.8) is 0 Å². The number of rotatable bonds is 15. The molecule has 2 aliphatic carbocycles. The molecule has 2 aromatic rings. The fourth-order valence-corrected chi connectivity index (χ4v) is 7.59. The smallest absolute Gasteiger partial charge is 0.425 e. The van der Waals surface area contributed by atoms with Gasteiger partial charge in [0, 0.05) is 0 Å². The van der Waals surface area contributed by atoms with Crippen LogP contribution in [0.25, 0.3) is 0 Å². The second kappa shape index (κ2) is 21.7. The predicted molar refractivity (Wildman–Crippen MR) is 197 cm³/mol. The highest BCUT2D eigenvalue weighted by atomic mass is 19.4. The molecule has 298 valence electrons. The van der Waals surface area contributed by atoms with Gasteiger partial charge in [0.15, 0.2) is 12.2 Å². The normalized spacial score (nSPS) is 21.8. The van der Waals surface area contributed by atoms with Crippen LogP contribution in [-0.2, 0) is 9.47 Å². The number of esters is 2. The third-order valence-corrected chi connectivity index (χ3v) is 11.1. The average Bonchev–Trinajstić information content (AvgIpc) is 3.14. The molecule has 2 saturated carbocycles. The molecule has 0 aromatic heterocycles. The van der Waals surface area contributed by atoms with E-state index in [-0.39, 0.29) is 17.5 Å². The number of carbonyl (C=O) groups excluding carboxylic acids is 2. The van der Waals surface area contributed by atoms with E-state index in [0.29, 0.717) is 11.8 Å². The number of hydrogen-bond donors (Lipinski definition) is 0. The van der Waals surface area contributed by atoms with Crippen LogP contribution < -0.4 is 0 Å². The van der Waals surface area contributed by atoms with Gasteiger partial charge in [-0.05, 0) is 124 Å². The van der Waals surface area contributed by atoms with Crippen LogP contribution >= 0.6 is 0 Å². The number of ether oxygens (including phenoxy) is 2. The van der Waals surface area contributed by atoms with E-state index in [0.717, 1.165) is 50.0 Å². The number of benzene rings is 2. The van der Waals surface area contributed by atoms with Crippen LogP contribution in [0.3, 0.4) is 0 Å². The Kier molecular flexibility index (Phi) is 18.2. The standard InChI is InChI=1S/C22H31F3O2.C21H29F3O2/c1-3-5-6-7-16-8-10-17(11-9-16)18-12-14-19(15-13-18)21(26)27-20(4-2)22(23,24)25;1-3-4-5-6-16-7-9-17(10-8-16)18-11-13-19(14-12-18)20(25)26-15(2)21(22,23)24/h12-17,20H,3-11H2,1-2H3;11-17H,3-10H2,1-2H3. The number of unbranched alkanes of at least 4 members (excludes halogenated alkanes) is 4. The Bertz CT molecular complexity index is 1340. The van der Waals surface area contributed by atoms with E-state index in [1.165, 1.54) is 89.5 Å². The molecule has 0 spiro atoms. The van der Waals surface area contributed by atoms with Crippen LogP contribution in [0.5, 0.6) is 0 Å². The molecule has 0 bridgehead atoms. The predicted octanol–water partition coefficient (Wildman–Crippen LogP) is 13.7. The first kappa shape index (κ1) is 44.4. The summed E-state index contributed by atoms with van der Waals surface area (Å²) in [5.74, 6) is 0.783. The molecule has 2 aromatic carbocycles. The van der Waals surface area contributed by atoms with Gasteiger partial charge in [-0.1, -0.05) is 96.4 Å². The molecule has 2 unspecified atom stereocenters. The summed E-state index contributed by atoms with van der Waals surface area (Å²) < 4.78 is 84.8. The van der Waals surface area contributed by atoms with Gasteiger partial charge in [0.05, 0.1) is 11.1 Å². The minimum absolute atomic E-state index is 0.165. The summed E-state index contributed by atoms with van der Waals surface area (Å²) in [6, 6.07) is 13.8. The molecule has 2 atom stereocenters. The summed E-state index contributed by atoms with van der Waals surface area (Å²) in [6.45, 7) is 6.64. The van der Waals surface area contributed by atoms with Crippen LogP contribution in [0.15, 0.2) is 48.5 Å². The molecular weight excluding hydrogens is 694 g/mol. The first-order chi connectivity index (χ1) is 25.2. The Labute approximate surface area is 312 Å². The number of alkyl halides is 6. The molecule has 10 heteroatoms. The zero-order valence-electron chi connectivity index (χ0n) is 32.0. The van der Waals surface area contributed by atoms with E-state index in [1.54, 1.807) is 24.3 Å². The molecule has 0 saturated heterocycles. The topological polar surface area (TPSA) is 52.6 Å². The molecular formula is C43H60F6O4. The first-order valence-corrected chi connectivity index (χ1v) is 19.9. The Morgan fingerprint density at radius 3 is 1.28 bits per heavy atom. The molecule has 2 fully saturated rings. The quantitative estimate of drug-likeness (QED) is 0.103. The van der Waals surface area contributed by atoms with Gasteiger partial charge in [0.2, 0.25) is 0 Å². The Hall–Kier alpha value is -3.04. The molecule has 0 heterocycles. The monoisotopic (exact) mass is 754 g/mol. The minimum atomic E-state index is -4.54. The summed E-state index contributed by atoms with van der Waals surface area (Å²) in [5.41, 5.74) is 2.67. The van der Waals surface area contributed by atoms with Gasteiger partial charge in [0.1, 0.15) is 0 Å². The van der Waals surface area contributed by atoms with Crippen molar-refractivity contribution in [2.45, 2.75) is 173 Å². The summed E-state index contributed by atoms with van der Waals surface area (Å²) in [4.78, 5) is 23.8. The van der Waals surface area contributed by atoms with Crippen LogP contribution in [0.4, 0.5) is 26.3 Å². The highest BCUT2D eigenvalue weighted by Gasteiger charge is 2.42. The maximum atomic E-state index is 12.8. The van der Waals surface area contributed by atoms with E-state index in [9.17, 15) is 35.9 Å². The lowest BCUT2D eigenvalue weighted by atomic mass is 9.77. The maximum absolute atomic E-state index is 12.8. The molecule has 0 radical (unpaired) electrons. The molecule has 2 aliphatic rings. The van der Waals surface area contributed by atoms with E-state index in [1.807, 2.05) is 24.3 Å². The zero-order valence-corrected chi connectivity index (χ0v) is 32.0. The number of hydrogen-bond acceptors (Lipinski definition) is 4. The van der Waals surface area contributed by atoms with Crippen LogP contribution in [-0.4, -0.2) is 36.5 Å².